The largest absolute Gasteiger partial charge is 0.348 e. The van der Waals surface area contributed by atoms with Gasteiger partial charge >= 0.3 is 0 Å². The fourth-order valence-electron chi connectivity index (χ4n) is 2.68. The molecule has 0 aliphatic heterocycles. The normalized spacial score (nSPS) is 12.0. The summed E-state index contributed by atoms with van der Waals surface area (Å²) in [6, 6.07) is 7.81. The minimum absolute atomic E-state index is 0.0155. The Labute approximate surface area is 173 Å². The molecule has 0 spiro atoms. The average molecular weight is 415 g/mol. The van der Waals surface area contributed by atoms with E-state index in [0.717, 1.165) is 17.8 Å². The van der Waals surface area contributed by atoms with Crippen LogP contribution in [-0.2, 0) is 5.75 Å². The minimum atomic E-state index is -0.344. The molecule has 29 heavy (non-hydrogen) atoms. The molecule has 3 aromatic rings. The number of nitrogens with one attached hydrogen (secondary N) is 1. The molecule has 152 valence electrons. The third-order valence-corrected chi connectivity index (χ3v) is 5.20. The highest BCUT2D eigenvalue weighted by molar-refractivity contribution is 7.98. The zero-order chi connectivity index (χ0) is 21.0. The second-order valence-corrected chi connectivity index (χ2v) is 7.72. The highest BCUT2D eigenvalue weighted by Crippen LogP contribution is 2.24. The number of carbonyl (C=O) groups excluding carboxylic acids is 1. The van der Waals surface area contributed by atoms with E-state index in [-0.39, 0.29) is 23.5 Å². The van der Waals surface area contributed by atoms with Gasteiger partial charge in [0.25, 0.3) is 5.91 Å². The van der Waals surface area contributed by atoms with Gasteiger partial charge in [-0.2, -0.15) is 0 Å². The molecule has 1 N–H and O–H groups in total. The monoisotopic (exact) mass is 414 g/mol. The first-order valence-electron chi connectivity index (χ1n) is 9.33. The van der Waals surface area contributed by atoms with Crippen molar-refractivity contribution in [3.8, 4) is 5.69 Å². The van der Waals surface area contributed by atoms with E-state index < -0.39 is 0 Å². The van der Waals surface area contributed by atoms with E-state index in [4.69, 9.17) is 0 Å². The van der Waals surface area contributed by atoms with Crippen molar-refractivity contribution >= 4 is 17.7 Å². The first-order valence-corrected chi connectivity index (χ1v) is 10.3. The van der Waals surface area contributed by atoms with E-state index in [1.165, 1.54) is 23.9 Å². The van der Waals surface area contributed by atoms with Gasteiger partial charge in [0.05, 0.1) is 11.4 Å². The number of halogens is 1. The molecule has 1 amide bonds. The van der Waals surface area contributed by atoms with Crippen LogP contribution in [-0.4, -0.2) is 36.9 Å². The zero-order valence-electron chi connectivity index (χ0n) is 16.8. The molecule has 0 radical (unpaired) electrons. The van der Waals surface area contributed by atoms with Gasteiger partial charge in [-0.3, -0.25) is 4.79 Å². The molecule has 9 heteroatoms. The number of aromatic nitrogens is 5. The predicted octanol–water partition coefficient (Wildman–Crippen LogP) is 3.63. The fraction of sp³-hybridized carbons (Fsp3) is 0.350. The van der Waals surface area contributed by atoms with Crippen LogP contribution < -0.4 is 5.32 Å². The van der Waals surface area contributed by atoms with Gasteiger partial charge in [0.15, 0.2) is 10.9 Å². The summed E-state index contributed by atoms with van der Waals surface area (Å²) in [6.45, 7) is 7.75. The van der Waals surface area contributed by atoms with Crippen LogP contribution in [0.5, 0.6) is 0 Å². The molecule has 0 aliphatic carbocycles. The van der Waals surface area contributed by atoms with Gasteiger partial charge in [0.1, 0.15) is 5.82 Å². The maximum absolute atomic E-state index is 13.3. The summed E-state index contributed by atoms with van der Waals surface area (Å²) in [5.74, 6) is -0.246. The summed E-state index contributed by atoms with van der Waals surface area (Å²) in [5.41, 5.74) is 3.22. The summed E-state index contributed by atoms with van der Waals surface area (Å²) in [7, 11) is 0. The van der Waals surface area contributed by atoms with Crippen molar-refractivity contribution in [2.75, 3.05) is 0 Å². The molecule has 1 unspecified atom stereocenters. The van der Waals surface area contributed by atoms with E-state index >= 15 is 0 Å². The van der Waals surface area contributed by atoms with Gasteiger partial charge < -0.3 is 5.32 Å². The lowest BCUT2D eigenvalue weighted by Crippen LogP contribution is -2.32. The molecule has 0 bridgehead atoms. The van der Waals surface area contributed by atoms with Crippen LogP contribution in [0.2, 0.25) is 0 Å². The van der Waals surface area contributed by atoms with E-state index in [0.29, 0.717) is 22.3 Å². The van der Waals surface area contributed by atoms with Gasteiger partial charge in [-0.15, -0.1) is 5.10 Å². The molecule has 0 saturated heterocycles. The fourth-order valence-corrected chi connectivity index (χ4v) is 3.62. The van der Waals surface area contributed by atoms with Crippen LogP contribution in [0, 0.1) is 19.7 Å². The molecule has 0 saturated carbocycles. The molecular formula is C20H23FN6OS. The molecule has 0 fully saturated rings. The number of amides is 1. The number of benzene rings is 1. The molecule has 0 aliphatic rings. The summed E-state index contributed by atoms with van der Waals surface area (Å²) in [4.78, 5) is 21.6. The van der Waals surface area contributed by atoms with Crippen molar-refractivity contribution in [3.05, 3.63) is 58.9 Å². The Kier molecular flexibility index (Phi) is 6.58. The molecule has 2 heterocycles. The SMILES string of the molecule is CCC(C)NC(=O)c1nnn(-c2ccc(F)cc2)c1CSc1nc(C)cc(C)n1. The first-order chi connectivity index (χ1) is 13.9. The lowest BCUT2D eigenvalue weighted by atomic mass is 10.2. The quantitative estimate of drug-likeness (QED) is 0.469. The van der Waals surface area contributed by atoms with Crippen molar-refractivity contribution < 1.29 is 9.18 Å². The van der Waals surface area contributed by atoms with Gasteiger partial charge in [-0.05, 0) is 57.5 Å². The molecule has 2 aromatic heterocycles. The Bertz CT molecular complexity index is 984. The predicted molar refractivity (Wildman–Crippen MR) is 110 cm³/mol. The molecule has 3 rings (SSSR count). The van der Waals surface area contributed by atoms with Gasteiger partial charge in [-0.25, -0.2) is 19.0 Å². The number of hydrogen-bond acceptors (Lipinski definition) is 6. The number of hydrogen-bond donors (Lipinski definition) is 1. The lowest BCUT2D eigenvalue weighted by Gasteiger charge is -2.12. The van der Waals surface area contributed by atoms with Crippen LogP contribution >= 0.6 is 11.8 Å². The van der Waals surface area contributed by atoms with Gasteiger partial charge in [-0.1, -0.05) is 23.9 Å². The van der Waals surface area contributed by atoms with Crippen LogP contribution in [0.15, 0.2) is 35.5 Å². The third kappa shape index (κ3) is 5.17. The Morgan fingerprint density at radius 3 is 2.48 bits per heavy atom. The Morgan fingerprint density at radius 2 is 1.86 bits per heavy atom. The topological polar surface area (TPSA) is 85.6 Å². The van der Waals surface area contributed by atoms with Crippen LogP contribution in [0.1, 0.15) is 47.8 Å². The van der Waals surface area contributed by atoms with Gasteiger partial charge in [0.2, 0.25) is 0 Å². The van der Waals surface area contributed by atoms with Crippen molar-refractivity contribution in [2.24, 2.45) is 0 Å². The highest BCUT2D eigenvalue weighted by Gasteiger charge is 2.22. The second-order valence-electron chi connectivity index (χ2n) is 6.78. The minimum Gasteiger partial charge on any atom is -0.348 e. The second kappa shape index (κ2) is 9.13. The Morgan fingerprint density at radius 1 is 1.21 bits per heavy atom. The third-order valence-electron chi connectivity index (χ3n) is 4.34. The standard InChI is InChI=1S/C20H23FN6OS/c1-5-12(2)22-19(28)18-17(11-29-20-23-13(3)10-14(4)24-20)27(26-25-18)16-8-6-15(21)7-9-16/h6-10,12H,5,11H2,1-4H3,(H,22,28). The maximum Gasteiger partial charge on any atom is 0.274 e. The lowest BCUT2D eigenvalue weighted by molar-refractivity contribution is 0.0933. The van der Waals surface area contributed by atoms with Crippen LogP contribution in [0.3, 0.4) is 0 Å². The van der Waals surface area contributed by atoms with Crippen molar-refractivity contribution in [2.45, 2.75) is 51.1 Å². The number of thioether (sulfide) groups is 1. The Hall–Kier alpha value is -2.81. The highest BCUT2D eigenvalue weighted by atomic mass is 32.2. The molecular weight excluding hydrogens is 391 g/mol. The van der Waals surface area contributed by atoms with E-state index in [1.54, 1.807) is 16.8 Å². The van der Waals surface area contributed by atoms with E-state index in [2.05, 4.69) is 25.6 Å². The van der Waals surface area contributed by atoms with Crippen molar-refractivity contribution in [1.82, 2.24) is 30.3 Å². The maximum atomic E-state index is 13.3. The van der Waals surface area contributed by atoms with Crippen LogP contribution in [0.25, 0.3) is 5.69 Å². The number of nitrogens with zero attached hydrogens (tertiary/aromatic N) is 5. The number of carbonyl (C=O) groups is 1. The summed E-state index contributed by atoms with van der Waals surface area (Å²) < 4.78 is 14.9. The Balaban J connectivity index is 1.94. The summed E-state index contributed by atoms with van der Waals surface area (Å²) in [5, 5.41) is 11.8. The number of aryl methyl sites for hydroxylation is 2. The first kappa shape index (κ1) is 20.9. The molecule has 1 atom stereocenters. The van der Waals surface area contributed by atoms with Crippen molar-refractivity contribution in [1.29, 1.82) is 0 Å². The van der Waals surface area contributed by atoms with E-state index in [9.17, 15) is 9.18 Å². The summed E-state index contributed by atoms with van der Waals surface area (Å²) in [6.07, 6.45) is 0.804. The van der Waals surface area contributed by atoms with Crippen LogP contribution in [0.4, 0.5) is 4.39 Å². The molecule has 1 aromatic carbocycles. The smallest absolute Gasteiger partial charge is 0.274 e. The average Bonchev–Trinajstić information content (AvgIpc) is 3.10. The molecule has 7 nitrogen and oxygen atoms in total. The summed E-state index contributed by atoms with van der Waals surface area (Å²) >= 11 is 1.40. The van der Waals surface area contributed by atoms with Crippen molar-refractivity contribution in [3.63, 3.8) is 0 Å². The van der Waals surface area contributed by atoms with Gasteiger partial charge in [0, 0.05) is 23.2 Å². The zero-order valence-corrected chi connectivity index (χ0v) is 17.6. The number of rotatable bonds is 7. The van der Waals surface area contributed by atoms with E-state index in [1.807, 2.05) is 33.8 Å².